The van der Waals surface area contributed by atoms with Gasteiger partial charge in [0.1, 0.15) is 0 Å². The van der Waals surface area contributed by atoms with Gasteiger partial charge in [-0.25, -0.2) is 0 Å². The van der Waals surface area contributed by atoms with Crippen LogP contribution in [-0.4, -0.2) is 56.8 Å². The Bertz CT molecular complexity index is 528. The molecule has 1 aromatic rings. The highest BCUT2D eigenvalue weighted by Crippen LogP contribution is 2.40. The zero-order chi connectivity index (χ0) is 16.0. The quantitative estimate of drug-likeness (QED) is 0.815. The minimum absolute atomic E-state index is 0.103. The molecule has 0 unspecified atom stereocenters. The third-order valence-corrected chi connectivity index (χ3v) is 2.94. The van der Waals surface area contributed by atoms with E-state index in [9.17, 15) is 9.59 Å². The van der Waals surface area contributed by atoms with Gasteiger partial charge in [0.2, 0.25) is 5.75 Å². The van der Waals surface area contributed by atoms with Crippen LogP contribution in [0.4, 0.5) is 0 Å². The molecule has 116 valence electrons. The standard InChI is InChI=1S/C14H19NO6/c1-15(8-7-11(16)17)14(18)9-5-6-10(19-2)13(21-4)12(9)20-3/h5-6H,7-8H2,1-4H3,(H,16,17). The fourth-order valence-electron chi connectivity index (χ4n) is 1.84. The van der Waals surface area contributed by atoms with Crippen molar-refractivity contribution in [3.8, 4) is 17.2 Å². The third-order valence-electron chi connectivity index (χ3n) is 2.94. The van der Waals surface area contributed by atoms with E-state index in [0.29, 0.717) is 11.5 Å². The summed E-state index contributed by atoms with van der Waals surface area (Å²) in [6, 6.07) is 3.15. The second kappa shape index (κ2) is 7.37. The number of carbonyl (C=O) groups excluding carboxylic acids is 1. The number of aliphatic carboxylic acids is 1. The van der Waals surface area contributed by atoms with Crippen molar-refractivity contribution in [2.45, 2.75) is 6.42 Å². The number of ether oxygens (including phenoxy) is 3. The highest BCUT2D eigenvalue weighted by molar-refractivity contribution is 5.98. The molecule has 0 aromatic heterocycles. The van der Waals surface area contributed by atoms with Gasteiger partial charge in [-0.2, -0.15) is 0 Å². The maximum absolute atomic E-state index is 12.4. The third kappa shape index (κ3) is 3.77. The van der Waals surface area contributed by atoms with Crippen molar-refractivity contribution in [2.75, 3.05) is 34.9 Å². The Hall–Kier alpha value is -2.44. The lowest BCUT2D eigenvalue weighted by Crippen LogP contribution is -2.29. The van der Waals surface area contributed by atoms with E-state index in [1.54, 1.807) is 12.1 Å². The molecule has 1 rings (SSSR count). The monoisotopic (exact) mass is 297 g/mol. The van der Waals surface area contributed by atoms with E-state index in [2.05, 4.69) is 0 Å². The summed E-state index contributed by atoms with van der Waals surface area (Å²) in [7, 11) is 5.88. The second-order valence-corrected chi connectivity index (χ2v) is 4.25. The SMILES string of the molecule is COc1ccc(C(=O)N(C)CCC(=O)O)c(OC)c1OC. The first-order chi connectivity index (χ1) is 9.96. The lowest BCUT2D eigenvalue weighted by molar-refractivity contribution is -0.137. The van der Waals surface area contributed by atoms with Crippen LogP contribution >= 0.6 is 0 Å². The Kier molecular flexibility index (Phi) is 5.83. The highest BCUT2D eigenvalue weighted by Gasteiger charge is 2.23. The van der Waals surface area contributed by atoms with Crippen LogP contribution < -0.4 is 14.2 Å². The van der Waals surface area contributed by atoms with E-state index in [4.69, 9.17) is 19.3 Å². The molecule has 0 fully saturated rings. The van der Waals surface area contributed by atoms with Gasteiger partial charge in [-0.15, -0.1) is 0 Å². The van der Waals surface area contributed by atoms with Crippen LogP contribution in [0, 0.1) is 0 Å². The number of benzene rings is 1. The molecule has 1 N–H and O–H groups in total. The first-order valence-electron chi connectivity index (χ1n) is 6.22. The predicted octanol–water partition coefficient (Wildman–Crippen LogP) is 1.26. The summed E-state index contributed by atoms with van der Waals surface area (Å²) < 4.78 is 15.6. The highest BCUT2D eigenvalue weighted by atomic mass is 16.5. The summed E-state index contributed by atoms with van der Waals surface area (Å²) in [6.45, 7) is 0.103. The molecule has 0 aliphatic heterocycles. The molecule has 0 radical (unpaired) electrons. The summed E-state index contributed by atoms with van der Waals surface area (Å²) in [5, 5.41) is 8.67. The topological polar surface area (TPSA) is 85.3 Å². The first-order valence-corrected chi connectivity index (χ1v) is 6.22. The number of nitrogens with zero attached hydrogens (tertiary/aromatic N) is 1. The molecule has 0 bridgehead atoms. The van der Waals surface area contributed by atoms with Crippen LogP contribution in [0.25, 0.3) is 0 Å². The van der Waals surface area contributed by atoms with Gasteiger partial charge in [-0.3, -0.25) is 9.59 Å². The van der Waals surface area contributed by atoms with Gasteiger partial charge in [-0.05, 0) is 12.1 Å². The summed E-state index contributed by atoms with van der Waals surface area (Å²) in [5.74, 6) is -0.302. The van der Waals surface area contributed by atoms with Gasteiger partial charge in [0.05, 0.1) is 33.3 Å². The molecule has 21 heavy (non-hydrogen) atoms. The van der Waals surface area contributed by atoms with Crippen LogP contribution in [0.5, 0.6) is 17.2 Å². The van der Waals surface area contributed by atoms with Crippen LogP contribution in [0.2, 0.25) is 0 Å². The molecule has 1 amide bonds. The lowest BCUT2D eigenvalue weighted by atomic mass is 10.1. The van der Waals surface area contributed by atoms with E-state index in [0.717, 1.165) is 0 Å². The summed E-state index contributed by atoms with van der Waals surface area (Å²) in [5.41, 5.74) is 0.281. The Morgan fingerprint density at radius 3 is 2.19 bits per heavy atom. The molecule has 0 saturated carbocycles. The Morgan fingerprint density at radius 1 is 1.10 bits per heavy atom. The first kappa shape index (κ1) is 16.6. The zero-order valence-electron chi connectivity index (χ0n) is 12.5. The number of methoxy groups -OCH3 is 3. The summed E-state index contributed by atoms with van der Waals surface area (Å²) >= 11 is 0. The Morgan fingerprint density at radius 2 is 1.71 bits per heavy atom. The van der Waals surface area contributed by atoms with Crippen molar-refractivity contribution in [3.05, 3.63) is 17.7 Å². The van der Waals surface area contributed by atoms with Crippen LogP contribution in [0.1, 0.15) is 16.8 Å². The average Bonchev–Trinajstić information content (AvgIpc) is 2.49. The van der Waals surface area contributed by atoms with Crippen molar-refractivity contribution < 1.29 is 28.9 Å². The van der Waals surface area contributed by atoms with Crippen molar-refractivity contribution >= 4 is 11.9 Å². The van der Waals surface area contributed by atoms with Crippen molar-refractivity contribution in [2.24, 2.45) is 0 Å². The van der Waals surface area contributed by atoms with Gasteiger partial charge >= 0.3 is 5.97 Å². The van der Waals surface area contributed by atoms with Crippen molar-refractivity contribution in [3.63, 3.8) is 0 Å². The number of hydrogen-bond donors (Lipinski definition) is 1. The van der Waals surface area contributed by atoms with Crippen molar-refractivity contribution in [1.82, 2.24) is 4.90 Å². The maximum Gasteiger partial charge on any atom is 0.305 e. The zero-order valence-corrected chi connectivity index (χ0v) is 12.5. The fourth-order valence-corrected chi connectivity index (χ4v) is 1.84. The Labute approximate surface area is 123 Å². The molecule has 7 nitrogen and oxygen atoms in total. The molecule has 0 spiro atoms. The molecule has 7 heteroatoms. The van der Waals surface area contributed by atoms with Crippen molar-refractivity contribution in [1.29, 1.82) is 0 Å². The molecule has 0 saturated heterocycles. The van der Waals surface area contributed by atoms with E-state index in [1.165, 1.54) is 33.3 Å². The maximum atomic E-state index is 12.4. The molecule has 0 aliphatic carbocycles. The van der Waals surface area contributed by atoms with Gasteiger partial charge in [0.15, 0.2) is 11.5 Å². The predicted molar refractivity (Wildman–Crippen MR) is 75.3 cm³/mol. The number of carboxylic acid groups (broad SMARTS) is 1. The minimum atomic E-state index is -0.964. The van der Waals surface area contributed by atoms with E-state index < -0.39 is 5.97 Å². The average molecular weight is 297 g/mol. The number of carboxylic acids is 1. The number of amides is 1. The number of rotatable bonds is 7. The van der Waals surface area contributed by atoms with Crippen LogP contribution in [-0.2, 0) is 4.79 Å². The largest absolute Gasteiger partial charge is 0.493 e. The number of hydrogen-bond acceptors (Lipinski definition) is 5. The van der Waals surface area contributed by atoms with E-state index in [1.807, 2.05) is 0 Å². The minimum Gasteiger partial charge on any atom is -0.493 e. The van der Waals surface area contributed by atoms with Crippen LogP contribution in [0.3, 0.4) is 0 Å². The van der Waals surface area contributed by atoms with Crippen LogP contribution in [0.15, 0.2) is 12.1 Å². The lowest BCUT2D eigenvalue weighted by Gasteiger charge is -2.20. The fraction of sp³-hybridized carbons (Fsp3) is 0.429. The molecular weight excluding hydrogens is 278 g/mol. The second-order valence-electron chi connectivity index (χ2n) is 4.25. The van der Waals surface area contributed by atoms with Gasteiger partial charge in [0, 0.05) is 13.6 Å². The summed E-state index contributed by atoms with van der Waals surface area (Å²) in [6.07, 6.45) is -0.127. The smallest absolute Gasteiger partial charge is 0.305 e. The molecule has 0 atom stereocenters. The molecule has 0 aliphatic rings. The Balaban J connectivity index is 3.12. The molecule has 0 heterocycles. The van der Waals surface area contributed by atoms with Gasteiger partial charge in [-0.1, -0.05) is 0 Å². The van der Waals surface area contributed by atoms with Gasteiger partial charge in [0.25, 0.3) is 5.91 Å². The molecular formula is C14H19NO6. The van der Waals surface area contributed by atoms with Gasteiger partial charge < -0.3 is 24.2 Å². The molecule has 1 aromatic carbocycles. The van der Waals surface area contributed by atoms with E-state index in [-0.39, 0.29) is 30.2 Å². The van der Waals surface area contributed by atoms with E-state index >= 15 is 0 Å². The normalized spacial score (nSPS) is 9.90. The number of carbonyl (C=O) groups is 2. The summed E-state index contributed by atoms with van der Waals surface area (Å²) in [4.78, 5) is 24.2.